The van der Waals surface area contributed by atoms with Crippen LogP contribution in [0.1, 0.15) is 37.6 Å². The minimum absolute atomic E-state index is 0.0869. The highest BCUT2D eigenvalue weighted by atomic mass is 35.5. The molecule has 7 nitrogen and oxygen atoms in total. The number of ether oxygens (including phenoxy) is 1. The van der Waals surface area contributed by atoms with Gasteiger partial charge in [0.2, 0.25) is 0 Å². The largest absolute Gasteiger partial charge is 0.466 e. The number of aromatic nitrogens is 2. The summed E-state index contributed by atoms with van der Waals surface area (Å²) in [6.07, 6.45) is 0.617. The molecule has 1 unspecified atom stereocenters. The number of nitrogens with two attached hydrogens (primary N) is 1. The number of halogens is 1. The number of amides is 1. The summed E-state index contributed by atoms with van der Waals surface area (Å²) in [5.74, 6) is -0.410. The SMILES string of the molecule is CCOC(=O)C1(C(C)C)CCN(c2nnc(Cl)cc2C(N)=O)C1. The van der Waals surface area contributed by atoms with E-state index in [2.05, 4.69) is 10.2 Å². The summed E-state index contributed by atoms with van der Waals surface area (Å²) < 4.78 is 5.26. The maximum Gasteiger partial charge on any atom is 0.314 e. The third kappa shape index (κ3) is 3.24. The van der Waals surface area contributed by atoms with Gasteiger partial charge in [-0.05, 0) is 25.3 Å². The zero-order valence-corrected chi connectivity index (χ0v) is 14.3. The van der Waals surface area contributed by atoms with E-state index in [1.54, 1.807) is 6.92 Å². The van der Waals surface area contributed by atoms with Gasteiger partial charge in [0.15, 0.2) is 11.0 Å². The lowest BCUT2D eigenvalue weighted by Gasteiger charge is -2.31. The number of anilines is 1. The Kier molecular flexibility index (Phi) is 5.09. The first-order chi connectivity index (χ1) is 10.8. The Balaban J connectivity index is 2.35. The van der Waals surface area contributed by atoms with E-state index >= 15 is 0 Å². The summed E-state index contributed by atoms with van der Waals surface area (Å²) in [4.78, 5) is 25.9. The van der Waals surface area contributed by atoms with Gasteiger partial charge in [-0.15, -0.1) is 10.2 Å². The fourth-order valence-electron chi connectivity index (χ4n) is 2.94. The highest BCUT2D eigenvalue weighted by molar-refractivity contribution is 6.29. The summed E-state index contributed by atoms with van der Waals surface area (Å²) >= 11 is 5.79. The third-order valence-corrected chi connectivity index (χ3v) is 4.58. The van der Waals surface area contributed by atoms with Gasteiger partial charge in [0.25, 0.3) is 5.91 Å². The van der Waals surface area contributed by atoms with Crippen molar-refractivity contribution in [3.8, 4) is 0 Å². The number of nitrogens with zero attached hydrogens (tertiary/aromatic N) is 3. The van der Waals surface area contributed by atoms with E-state index in [0.717, 1.165) is 0 Å². The normalized spacial score (nSPS) is 20.8. The number of rotatable bonds is 5. The Labute approximate surface area is 140 Å². The number of primary amides is 1. The number of carbonyl (C=O) groups is 2. The van der Waals surface area contributed by atoms with Crippen LogP contribution >= 0.6 is 11.6 Å². The van der Waals surface area contributed by atoms with Crippen molar-refractivity contribution >= 4 is 29.3 Å². The predicted molar refractivity (Wildman–Crippen MR) is 86.3 cm³/mol. The van der Waals surface area contributed by atoms with Crippen LogP contribution < -0.4 is 10.6 Å². The molecule has 2 N–H and O–H groups in total. The minimum atomic E-state index is -0.633. The summed E-state index contributed by atoms with van der Waals surface area (Å²) in [7, 11) is 0. The molecule has 0 radical (unpaired) electrons. The number of carbonyl (C=O) groups excluding carboxylic acids is 2. The Morgan fingerprint density at radius 3 is 2.74 bits per heavy atom. The topological polar surface area (TPSA) is 98.4 Å². The van der Waals surface area contributed by atoms with Gasteiger partial charge < -0.3 is 15.4 Å². The second-order valence-corrected chi connectivity index (χ2v) is 6.36. The zero-order chi connectivity index (χ0) is 17.2. The van der Waals surface area contributed by atoms with Crippen LogP contribution in [0, 0.1) is 11.3 Å². The van der Waals surface area contributed by atoms with Gasteiger partial charge in [0, 0.05) is 13.1 Å². The smallest absolute Gasteiger partial charge is 0.314 e. The van der Waals surface area contributed by atoms with E-state index in [9.17, 15) is 9.59 Å². The Bertz CT molecular complexity index is 623. The molecule has 1 aliphatic heterocycles. The molecule has 1 amide bonds. The highest BCUT2D eigenvalue weighted by Crippen LogP contribution is 2.41. The Morgan fingerprint density at radius 1 is 1.48 bits per heavy atom. The van der Waals surface area contributed by atoms with Gasteiger partial charge in [-0.1, -0.05) is 25.4 Å². The van der Waals surface area contributed by atoms with Gasteiger partial charge in [-0.3, -0.25) is 9.59 Å². The van der Waals surface area contributed by atoms with E-state index in [1.165, 1.54) is 6.07 Å². The van der Waals surface area contributed by atoms with Gasteiger partial charge in [-0.2, -0.15) is 0 Å². The van der Waals surface area contributed by atoms with Crippen molar-refractivity contribution in [3.63, 3.8) is 0 Å². The average molecular weight is 341 g/mol. The van der Waals surface area contributed by atoms with Gasteiger partial charge in [0.05, 0.1) is 17.6 Å². The first-order valence-corrected chi connectivity index (χ1v) is 7.94. The zero-order valence-electron chi connectivity index (χ0n) is 13.5. The minimum Gasteiger partial charge on any atom is -0.466 e. The third-order valence-electron chi connectivity index (χ3n) is 4.40. The molecule has 2 heterocycles. The van der Waals surface area contributed by atoms with Crippen molar-refractivity contribution in [1.82, 2.24) is 10.2 Å². The van der Waals surface area contributed by atoms with Gasteiger partial charge >= 0.3 is 5.97 Å². The van der Waals surface area contributed by atoms with Crippen LogP contribution in [-0.2, 0) is 9.53 Å². The maximum atomic E-state index is 12.5. The van der Waals surface area contributed by atoms with E-state index in [1.807, 2.05) is 18.7 Å². The number of hydrogen-bond acceptors (Lipinski definition) is 6. The number of esters is 1. The highest BCUT2D eigenvalue weighted by Gasteiger charge is 2.49. The molecular formula is C15H21ClN4O3. The molecule has 8 heteroatoms. The summed E-state index contributed by atoms with van der Waals surface area (Å²) in [6, 6.07) is 1.39. The quantitative estimate of drug-likeness (QED) is 0.818. The Hall–Kier alpha value is -1.89. The molecule has 0 spiro atoms. The van der Waals surface area contributed by atoms with Crippen molar-refractivity contribution < 1.29 is 14.3 Å². The van der Waals surface area contributed by atoms with E-state index in [0.29, 0.717) is 31.9 Å². The summed E-state index contributed by atoms with van der Waals surface area (Å²) in [5.41, 5.74) is 4.97. The first kappa shape index (κ1) is 17.5. The molecule has 126 valence electrons. The summed E-state index contributed by atoms with van der Waals surface area (Å²) in [5, 5.41) is 7.89. The molecule has 1 aromatic heterocycles. The molecule has 1 aliphatic rings. The van der Waals surface area contributed by atoms with Crippen molar-refractivity contribution in [2.24, 2.45) is 17.1 Å². The van der Waals surface area contributed by atoms with E-state index in [4.69, 9.17) is 22.1 Å². The van der Waals surface area contributed by atoms with Gasteiger partial charge in [-0.25, -0.2) is 0 Å². The van der Waals surface area contributed by atoms with Crippen LogP contribution in [0.5, 0.6) is 0 Å². The van der Waals surface area contributed by atoms with E-state index in [-0.39, 0.29) is 22.6 Å². The van der Waals surface area contributed by atoms with Crippen LogP contribution in [0.25, 0.3) is 0 Å². The lowest BCUT2D eigenvalue weighted by Crippen LogP contribution is -2.41. The molecule has 1 aromatic rings. The van der Waals surface area contributed by atoms with Crippen LogP contribution in [0.2, 0.25) is 5.15 Å². The van der Waals surface area contributed by atoms with Gasteiger partial charge in [0.1, 0.15) is 0 Å². The number of hydrogen-bond donors (Lipinski definition) is 1. The maximum absolute atomic E-state index is 12.5. The first-order valence-electron chi connectivity index (χ1n) is 7.57. The monoisotopic (exact) mass is 340 g/mol. The molecule has 1 saturated heterocycles. The lowest BCUT2D eigenvalue weighted by atomic mass is 9.76. The molecule has 0 aromatic carbocycles. The lowest BCUT2D eigenvalue weighted by molar-refractivity contribution is -0.156. The molecule has 1 fully saturated rings. The van der Waals surface area contributed by atoms with Crippen LogP contribution in [-0.4, -0.2) is 41.8 Å². The molecule has 23 heavy (non-hydrogen) atoms. The molecule has 0 saturated carbocycles. The van der Waals surface area contributed by atoms with Crippen molar-refractivity contribution in [2.45, 2.75) is 27.2 Å². The van der Waals surface area contributed by atoms with Crippen molar-refractivity contribution in [1.29, 1.82) is 0 Å². The van der Waals surface area contributed by atoms with Crippen LogP contribution in [0.3, 0.4) is 0 Å². The van der Waals surface area contributed by atoms with Crippen LogP contribution in [0.4, 0.5) is 5.82 Å². The second kappa shape index (κ2) is 6.70. The molecule has 1 atom stereocenters. The van der Waals surface area contributed by atoms with Crippen molar-refractivity contribution in [3.05, 3.63) is 16.8 Å². The fraction of sp³-hybridized carbons (Fsp3) is 0.600. The standard InChI is InChI=1S/C15H21ClN4O3/c1-4-23-14(22)15(9(2)3)5-6-20(8-15)13-10(12(17)21)7-11(16)18-19-13/h7,9H,4-6,8H2,1-3H3,(H2,17,21). The van der Waals surface area contributed by atoms with Crippen LogP contribution in [0.15, 0.2) is 6.07 Å². The van der Waals surface area contributed by atoms with Crippen molar-refractivity contribution in [2.75, 3.05) is 24.6 Å². The molecule has 2 rings (SSSR count). The Morgan fingerprint density at radius 2 is 2.17 bits per heavy atom. The second-order valence-electron chi connectivity index (χ2n) is 5.97. The molecule has 0 aliphatic carbocycles. The van der Waals surface area contributed by atoms with E-state index < -0.39 is 11.3 Å². The molecular weight excluding hydrogens is 320 g/mol. The predicted octanol–water partition coefficient (Wildman–Crippen LogP) is 1.64. The summed E-state index contributed by atoms with van der Waals surface area (Å²) in [6.45, 7) is 7.06. The molecule has 0 bridgehead atoms. The fourth-order valence-corrected chi connectivity index (χ4v) is 3.09. The average Bonchev–Trinajstić information content (AvgIpc) is 2.93.